The molecule has 3 aliphatic rings. The van der Waals surface area contributed by atoms with Crippen LogP contribution in [0, 0.1) is 6.92 Å². The number of allylic oxidation sites excluding steroid dienone is 1. The Labute approximate surface area is 217 Å². The van der Waals surface area contributed by atoms with Crippen molar-refractivity contribution in [2.75, 3.05) is 37.3 Å². The van der Waals surface area contributed by atoms with Gasteiger partial charge < -0.3 is 30.7 Å². The maximum Gasteiger partial charge on any atom is 0.415 e. The molecule has 0 saturated heterocycles. The van der Waals surface area contributed by atoms with E-state index in [1.165, 1.54) is 0 Å². The molecule has 5 rings (SSSR count). The van der Waals surface area contributed by atoms with Crippen molar-refractivity contribution < 1.29 is 14.3 Å². The van der Waals surface area contributed by atoms with Crippen LogP contribution >= 0.6 is 0 Å². The van der Waals surface area contributed by atoms with Crippen molar-refractivity contribution in [1.82, 2.24) is 25.1 Å². The summed E-state index contributed by atoms with van der Waals surface area (Å²) in [4.78, 5) is 26.4. The molecule has 0 atom stereocenters. The van der Waals surface area contributed by atoms with Gasteiger partial charge in [0.05, 0.1) is 25.3 Å². The molecule has 1 aromatic heterocycles. The van der Waals surface area contributed by atoms with Gasteiger partial charge >= 0.3 is 6.09 Å². The monoisotopic (exact) mass is 505 g/mol. The van der Waals surface area contributed by atoms with Crippen LogP contribution in [0.25, 0.3) is 0 Å². The lowest BCUT2D eigenvalue weighted by Gasteiger charge is -2.40. The van der Waals surface area contributed by atoms with Crippen molar-refractivity contribution in [1.29, 1.82) is 0 Å². The van der Waals surface area contributed by atoms with Gasteiger partial charge in [-0.1, -0.05) is 0 Å². The Kier molecular flexibility index (Phi) is 6.35. The summed E-state index contributed by atoms with van der Waals surface area (Å²) < 4.78 is 11.6. The van der Waals surface area contributed by atoms with Crippen molar-refractivity contribution in [2.45, 2.75) is 53.2 Å². The van der Waals surface area contributed by atoms with Crippen molar-refractivity contribution in [3.05, 3.63) is 64.1 Å². The van der Waals surface area contributed by atoms with E-state index in [9.17, 15) is 4.79 Å². The summed E-state index contributed by atoms with van der Waals surface area (Å²) in [5.74, 6) is 1.18. The number of nitrogen functional groups attached to an aromatic ring is 1. The number of benzene rings is 1. The third-order valence-corrected chi connectivity index (χ3v) is 6.72. The Morgan fingerprint density at radius 1 is 1.24 bits per heavy atom. The van der Waals surface area contributed by atoms with E-state index in [-0.39, 0.29) is 6.09 Å². The van der Waals surface area contributed by atoms with E-state index in [1.54, 1.807) is 4.90 Å². The Bertz CT molecular complexity index is 1300. The lowest BCUT2D eigenvalue weighted by atomic mass is 10.0. The number of nitrogens with zero attached hydrogens (tertiary/aromatic N) is 4. The SMILES string of the molecule is CC1=C(N2CCc3cnc(Nc4ccc(N)c(C)c4)nc3C2)CNC2=C1N(C(=O)OC(C)(C)C)CCO2. The lowest BCUT2D eigenvalue weighted by molar-refractivity contribution is 0.0190. The topological polar surface area (TPSA) is 118 Å². The van der Waals surface area contributed by atoms with E-state index in [2.05, 4.69) is 20.5 Å². The minimum absolute atomic E-state index is 0.365. The number of aryl methyl sites for hydroxylation is 1. The summed E-state index contributed by atoms with van der Waals surface area (Å²) in [6, 6.07) is 5.79. The number of carbonyl (C=O) groups is 1. The molecule has 1 amide bonds. The summed E-state index contributed by atoms with van der Waals surface area (Å²) in [5, 5.41) is 6.67. The maximum atomic E-state index is 13.0. The van der Waals surface area contributed by atoms with Crippen LogP contribution in [0.2, 0.25) is 0 Å². The zero-order valence-corrected chi connectivity index (χ0v) is 22.1. The van der Waals surface area contributed by atoms with Crippen LogP contribution in [0.15, 0.2) is 47.2 Å². The summed E-state index contributed by atoms with van der Waals surface area (Å²) in [7, 11) is 0. The predicted octanol–water partition coefficient (Wildman–Crippen LogP) is 3.78. The van der Waals surface area contributed by atoms with Crippen LogP contribution in [0.1, 0.15) is 44.5 Å². The number of nitrogens with one attached hydrogen (secondary N) is 2. The Hall–Kier alpha value is -3.95. The van der Waals surface area contributed by atoms with Crippen LogP contribution in [-0.2, 0) is 22.4 Å². The van der Waals surface area contributed by atoms with Gasteiger partial charge in [-0.05, 0) is 75.9 Å². The molecule has 0 unspecified atom stereocenters. The highest BCUT2D eigenvalue weighted by Crippen LogP contribution is 2.33. The van der Waals surface area contributed by atoms with Gasteiger partial charge in [0.1, 0.15) is 17.9 Å². The zero-order chi connectivity index (χ0) is 26.3. The molecule has 0 saturated carbocycles. The number of anilines is 3. The highest BCUT2D eigenvalue weighted by atomic mass is 16.6. The van der Waals surface area contributed by atoms with Gasteiger partial charge in [0.2, 0.25) is 11.8 Å². The first-order valence-corrected chi connectivity index (χ1v) is 12.6. The van der Waals surface area contributed by atoms with Crippen LogP contribution < -0.4 is 16.4 Å². The molecule has 0 radical (unpaired) electrons. The molecular formula is C27H35N7O3. The van der Waals surface area contributed by atoms with E-state index in [4.69, 9.17) is 20.2 Å². The zero-order valence-electron chi connectivity index (χ0n) is 22.1. The van der Waals surface area contributed by atoms with Crippen molar-refractivity contribution >= 4 is 23.4 Å². The van der Waals surface area contributed by atoms with Crippen molar-refractivity contribution in [3.63, 3.8) is 0 Å². The fourth-order valence-electron chi connectivity index (χ4n) is 4.81. The third kappa shape index (κ3) is 5.14. The Morgan fingerprint density at radius 3 is 2.81 bits per heavy atom. The number of carbonyl (C=O) groups excluding carboxylic acids is 1. The summed E-state index contributed by atoms with van der Waals surface area (Å²) >= 11 is 0. The number of hydrogen-bond donors (Lipinski definition) is 3. The second-order valence-electron chi connectivity index (χ2n) is 10.6. The van der Waals surface area contributed by atoms with E-state index >= 15 is 0 Å². The van der Waals surface area contributed by atoms with Gasteiger partial charge in [-0.15, -0.1) is 0 Å². The number of nitrogens with two attached hydrogens (primary N) is 1. The molecule has 0 aliphatic carbocycles. The molecule has 10 heteroatoms. The number of ether oxygens (including phenoxy) is 2. The molecular weight excluding hydrogens is 470 g/mol. The first-order chi connectivity index (χ1) is 17.6. The van der Waals surface area contributed by atoms with Gasteiger partial charge in [-0.3, -0.25) is 4.90 Å². The molecule has 0 fully saturated rings. The fourth-order valence-corrected chi connectivity index (χ4v) is 4.81. The van der Waals surface area contributed by atoms with Gasteiger partial charge in [0.25, 0.3) is 0 Å². The van der Waals surface area contributed by atoms with Crippen LogP contribution in [0.5, 0.6) is 0 Å². The van der Waals surface area contributed by atoms with Gasteiger partial charge in [0.15, 0.2) is 0 Å². The third-order valence-electron chi connectivity index (χ3n) is 6.72. The molecule has 196 valence electrons. The molecule has 1 aromatic carbocycles. The molecule has 4 heterocycles. The quantitative estimate of drug-likeness (QED) is 0.536. The number of hydrogen-bond acceptors (Lipinski definition) is 9. The number of aromatic nitrogens is 2. The largest absolute Gasteiger partial charge is 0.476 e. The van der Waals surface area contributed by atoms with E-state index in [0.717, 1.165) is 58.1 Å². The van der Waals surface area contributed by atoms with Crippen LogP contribution in [0.4, 0.5) is 22.1 Å². The van der Waals surface area contributed by atoms with Gasteiger partial charge in [-0.25, -0.2) is 14.8 Å². The smallest absolute Gasteiger partial charge is 0.415 e. The Balaban J connectivity index is 1.38. The van der Waals surface area contributed by atoms with Crippen LogP contribution in [-0.4, -0.2) is 57.7 Å². The molecule has 2 aromatic rings. The second kappa shape index (κ2) is 9.49. The predicted molar refractivity (Wildman–Crippen MR) is 142 cm³/mol. The first-order valence-electron chi connectivity index (χ1n) is 12.6. The maximum absolute atomic E-state index is 13.0. The molecule has 0 spiro atoms. The highest BCUT2D eigenvalue weighted by molar-refractivity contribution is 5.72. The number of fused-ring (bicyclic) bond motifs is 1. The molecule has 37 heavy (non-hydrogen) atoms. The highest BCUT2D eigenvalue weighted by Gasteiger charge is 2.36. The number of rotatable bonds is 3. The standard InChI is InChI=1S/C27H35N7O3/c1-16-12-19(6-7-20(16)28)31-25-30-13-18-8-9-33(15-21(18)32-25)22-14-29-24-23(17(22)2)34(10-11-36-24)26(35)37-27(3,4)5/h6-7,12-13,29H,8-11,14-15,28H2,1-5H3,(H,30,31,32). The average molecular weight is 506 g/mol. The van der Waals surface area contributed by atoms with Crippen molar-refractivity contribution in [2.24, 2.45) is 0 Å². The summed E-state index contributed by atoms with van der Waals surface area (Å²) in [5.41, 5.74) is 13.0. The molecule has 4 N–H and O–H groups in total. The van der Waals surface area contributed by atoms with Gasteiger partial charge in [0, 0.05) is 29.8 Å². The minimum atomic E-state index is -0.578. The summed E-state index contributed by atoms with van der Waals surface area (Å²) in [6.07, 6.45) is 2.38. The first kappa shape index (κ1) is 24.7. The van der Waals surface area contributed by atoms with E-state index in [0.29, 0.717) is 38.1 Å². The number of amides is 1. The molecule has 10 nitrogen and oxygen atoms in total. The lowest BCUT2D eigenvalue weighted by Crippen LogP contribution is -2.47. The fraction of sp³-hybridized carbons (Fsp3) is 0.444. The number of dihydropyridines is 1. The second-order valence-corrected chi connectivity index (χ2v) is 10.6. The van der Waals surface area contributed by atoms with Crippen LogP contribution in [0.3, 0.4) is 0 Å². The average Bonchev–Trinajstić information content (AvgIpc) is 2.85. The van der Waals surface area contributed by atoms with Crippen molar-refractivity contribution in [3.8, 4) is 0 Å². The minimum Gasteiger partial charge on any atom is -0.476 e. The van der Waals surface area contributed by atoms with E-state index < -0.39 is 5.60 Å². The summed E-state index contributed by atoms with van der Waals surface area (Å²) in [6.45, 7) is 12.6. The van der Waals surface area contributed by atoms with E-state index in [1.807, 2.05) is 59.0 Å². The molecule has 0 bridgehead atoms. The van der Waals surface area contributed by atoms with Gasteiger partial charge in [-0.2, -0.15) is 0 Å². The Morgan fingerprint density at radius 2 is 2.05 bits per heavy atom. The molecule has 3 aliphatic heterocycles. The normalized spacial score (nSPS) is 17.5.